The van der Waals surface area contributed by atoms with Crippen LogP contribution in [0.5, 0.6) is 0 Å². The molecule has 3 rings (SSSR count). The lowest BCUT2D eigenvalue weighted by Gasteiger charge is -2.44. The van der Waals surface area contributed by atoms with E-state index < -0.39 is 26.6 Å². The predicted octanol–water partition coefficient (Wildman–Crippen LogP) is 4.80. The Bertz CT molecular complexity index is 1040. The molecule has 1 amide bonds. The first-order valence-electron chi connectivity index (χ1n) is 12.3. The summed E-state index contributed by atoms with van der Waals surface area (Å²) in [7, 11) is -2.83. The molecule has 0 fully saturated rings. The van der Waals surface area contributed by atoms with Crippen molar-refractivity contribution in [1.82, 2.24) is 5.32 Å². The van der Waals surface area contributed by atoms with Crippen LogP contribution in [-0.4, -0.2) is 38.3 Å². The molecule has 2 atom stereocenters. The molecule has 2 N–H and O–H groups in total. The first-order chi connectivity index (χ1) is 17.3. The average molecular weight is 504 g/mol. The van der Waals surface area contributed by atoms with Crippen LogP contribution in [0.2, 0.25) is 5.04 Å². The normalized spacial score (nSPS) is 13.4. The molecule has 0 aromatic heterocycles. The summed E-state index contributed by atoms with van der Waals surface area (Å²) in [6, 6.07) is 29.4. The van der Waals surface area contributed by atoms with Gasteiger partial charge in [-0.1, -0.05) is 118 Å². The second-order valence-corrected chi connectivity index (χ2v) is 14.2. The molecule has 0 unspecified atom stereocenters. The van der Waals surface area contributed by atoms with E-state index in [0.29, 0.717) is 6.42 Å². The minimum absolute atomic E-state index is 0.128. The number of carbonyl (C=O) groups is 1. The number of ether oxygens (including phenoxy) is 1. The molecule has 0 saturated heterocycles. The van der Waals surface area contributed by atoms with Crippen LogP contribution >= 0.6 is 0 Å². The molecule has 190 valence electrons. The molecule has 0 aliphatic heterocycles. The van der Waals surface area contributed by atoms with Gasteiger partial charge in [-0.3, -0.25) is 0 Å². The standard InChI is InChI=1S/C30H37NO4Si/c1-5-15-28(32)27(31-29(33)34-22-24-16-9-6-10-17-24)23-35-36(30(2,3)4,25-18-11-7-12-19-25)26-20-13-8-14-21-26/h5-14,16-21,27-28,32H,1,15,22-23H2,2-4H3,(H,31,33)/t27-,28-/m0/s1. The van der Waals surface area contributed by atoms with Crippen molar-refractivity contribution >= 4 is 24.8 Å². The van der Waals surface area contributed by atoms with E-state index in [1.807, 2.05) is 66.7 Å². The van der Waals surface area contributed by atoms with Crippen molar-refractivity contribution in [3.8, 4) is 0 Å². The van der Waals surface area contributed by atoms with Crippen LogP contribution in [0.15, 0.2) is 104 Å². The third-order valence-electron chi connectivity index (χ3n) is 6.28. The van der Waals surface area contributed by atoms with E-state index in [4.69, 9.17) is 9.16 Å². The second kappa shape index (κ2) is 12.7. The maximum absolute atomic E-state index is 12.7. The summed E-state index contributed by atoms with van der Waals surface area (Å²) in [5, 5.41) is 15.8. The van der Waals surface area contributed by atoms with Gasteiger partial charge in [0.2, 0.25) is 0 Å². The molecule has 36 heavy (non-hydrogen) atoms. The third-order valence-corrected chi connectivity index (χ3v) is 11.3. The fourth-order valence-electron chi connectivity index (χ4n) is 4.48. The Morgan fingerprint density at radius 3 is 1.92 bits per heavy atom. The highest BCUT2D eigenvalue weighted by Gasteiger charge is 2.50. The maximum Gasteiger partial charge on any atom is 0.407 e. The van der Waals surface area contributed by atoms with Crippen molar-refractivity contribution in [1.29, 1.82) is 0 Å². The summed E-state index contributed by atoms with van der Waals surface area (Å²) in [5.74, 6) is 0. The molecule has 0 radical (unpaired) electrons. The van der Waals surface area contributed by atoms with E-state index in [-0.39, 0.29) is 18.3 Å². The highest BCUT2D eigenvalue weighted by Crippen LogP contribution is 2.36. The van der Waals surface area contributed by atoms with Crippen LogP contribution in [0.3, 0.4) is 0 Å². The number of aliphatic hydroxyl groups excluding tert-OH is 1. The van der Waals surface area contributed by atoms with Gasteiger partial charge in [-0.05, 0) is 27.4 Å². The van der Waals surface area contributed by atoms with E-state index >= 15 is 0 Å². The Morgan fingerprint density at radius 2 is 1.44 bits per heavy atom. The van der Waals surface area contributed by atoms with E-state index in [9.17, 15) is 9.90 Å². The number of hydrogen-bond acceptors (Lipinski definition) is 4. The molecule has 3 aromatic rings. The first-order valence-corrected chi connectivity index (χ1v) is 14.2. The Hall–Kier alpha value is -3.19. The Morgan fingerprint density at radius 1 is 0.944 bits per heavy atom. The highest BCUT2D eigenvalue weighted by molar-refractivity contribution is 6.99. The molecular weight excluding hydrogens is 466 g/mol. The van der Waals surface area contributed by atoms with Gasteiger partial charge in [-0.2, -0.15) is 0 Å². The SMILES string of the molecule is C=CC[C@H](O)[C@H](CO[Si](c1ccccc1)(c1ccccc1)C(C)(C)C)NC(=O)OCc1ccccc1. The van der Waals surface area contributed by atoms with Crippen LogP contribution in [0.25, 0.3) is 0 Å². The van der Waals surface area contributed by atoms with E-state index in [1.54, 1.807) is 6.08 Å². The van der Waals surface area contributed by atoms with Crippen molar-refractivity contribution in [2.24, 2.45) is 0 Å². The molecule has 0 heterocycles. The van der Waals surface area contributed by atoms with Crippen molar-refractivity contribution in [3.05, 3.63) is 109 Å². The molecule has 3 aromatic carbocycles. The highest BCUT2D eigenvalue weighted by atomic mass is 28.4. The third kappa shape index (κ3) is 6.72. The number of benzene rings is 3. The zero-order valence-electron chi connectivity index (χ0n) is 21.4. The number of nitrogens with one attached hydrogen (secondary N) is 1. The lowest BCUT2D eigenvalue weighted by Crippen LogP contribution is -2.67. The monoisotopic (exact) mass is 503 g/mol. The zero-order chi connectivity index (χ0) is 26.0. The van der Waals surface area contributed by atoms with Gasteiger partial charge >= 0.3 is 6.09 Å². The Balaban J connectivity index is 1.88. The molecule has 0 bridgehead atoms. The average Bonchev–Trinajstić information content (AvgIpc) is 2.88. The predicted molar refractivity (Wildman–Crippen MR) is 148 cm³/mol. The molecule has 0 saturated carbocycles. The van der Waals surface area contributed by atoms with Gasteiger partial charge in [0.15, 0.2) is 0 Å². The minimum Gasteiger partial charge on any atom is -0.445 e. The number of hydrogen-bond donors (Lipinski definition) is 2. The second-order valence-electron chi connectivity index (χ2n) is 9.88. The number of alkyl carbamates (subject to hydrolysis) is 1. The van der Waals surface area contributed by atoms with Crippen LogP contribution < -0.4 is 15.7 Å². The van der Waals surface area contributed by atoms with Gasteiger partial charge in [0.1, 0.15) is 6.61 Å². The summed E-state index contributed by atoms with van der Waals surface area (Å²) >= 11 is 0. The number of amides is 1. The molecule has 0 spiro atoms. The van der Waals surface area contributed by atoms with Crippen molar-refractivity contribution in [2.75, 3.05) is 6.61 Å². The fraction of sp³-hybridized carbons (Fsp3) is 0.300. The zero-order valence-corrected chi connectivity index (χ0v) is 22.4. The molecule has 6 heteroatoms. The molecule has 0 aliphatic carbocycles. The summed E-state index contributed by atoms with van der Waals surface area (Å²) in [6.45, 7) is 10.6. The van der Waals surface area contributed by atoms with Gasteiger partial charge in [0.05, 0.1) is 18.8 Å². The van der Waals surface area contributed by atoms with Crippen molar-refractivity contribution in [3.63, 3.8) is 0 Å². The smallest absolute Gasteiger partial charge is 0.407 e. The van der Waals surface area contributed by atoms with Crippen LogP contribution in [0.1, 0.15) is 32.8 Å². The lowest BCUT2D eigenvalue weighted by molar-refractivity contribution is 0.0811. The summed E-state index contributed by atoms with van der Waals surface area (Å²) in [4.78, 5) is 12.7. The van der Waals surface area contributed by atoms with E-state index in [0.717, 1.165) is 15.9 Å². The van der Waals surface area contributed by atoms with Crippen LogP contribution in [0.4, 0.5) is 4.79 Å². The van der Waals surface area contributed by atoms with Crippen LogP contribution in [0, 0.1) is 0 Å². The quantitative estimate of drug-likeness (QED) is 0.292. The summed E-state index contributed by atoms with van der Waals surface area (Å²) in [5.41, 5.74) is 0.888. The summed E-state index contributed by atoms with van der Waals surface area (Å²) < 4.78 is 12.4. The Labute approximate surface area is 215 Å². The molecule has 0 aliphatic rings. The maximum atomic E-state index is 12.7. The van der Waals surface area contributed by atoms with E-state index in [2.05, 4.69) is 56.9 Å². The van der Waals surface area contributed by atoms with E-state index in [1.165, 1.54) is 0 Å². The lowest BCUT2D eigenvalue weighted by atomic mass is 10.1. The topological polar surface area (TPSA) is 67.8 Å². The van der Waals surface area contributed by atoms with Crippen molar-refractivity contribution in [2.45, 2.75) is 51.0 Å². The number of rotatable bonds is 11. The van der Waals surface area contributed by atoms with Crippen LogP contribution in [-0.2, 0) is 15.8 Å². The van der Waals surface area contributed by atoms with Gasteiger partial charge < -0.3 is 19.6 Å². The first kappa shape index (κ1) is 27.4. The van der Waals surface area contributed by atoms with Gasteiger partial charge in [-0.25, -0.2) is 4.79 Å². The number of carbonyl (C=O) groups excluding carboxylic acids is 1. The van der Waals surface area contributed by atoms with Gasteiger partial charge in [0, 0.05) is 0 Å². The summed E-state index contributed by atoms with van der Waals surface area (Å²) in [6.07, 6.45) is 0.480. The minimum atomic E-state index is -2.83. The molecule has 5 nitrogen and oxygen atoms in total. The largest absolute Gasteiger partial charge is 0.445 e. The van der Waals surface area contributed by atoms with Gasteiger partial charge in [-0.15, -0.1) is 6.58 Å². The van der Waals surface area contributed by atoms with Crippen molar-refractivity contribution < 1.29 is 19.1 Å². The molecular formula is C30H37NO4Si. The number of aliphatic hydroxyl groups is 1. The fourth-order valence-corrected chi connectivity index (χ4v) is 9.06. The Kier molecular flexibility index (Phi) is 9.64. The van der Waals surface area contributed by atoms with Gasteiger partial charge in [0.25, 0.3) is 8.32 Å².